The minimum atomic E-state index is -4.33. The lowest BCUT2D eigenvalue weighted by Gasteiger charge is -2.25. The van der Waals surface area contributed by atoms with Gasteiger partial charge >= 0.3 is 7.82 Å². The number of unbranched alkanes of at least 4 members (excludes halogenated alkanes) is 11. The molecule has 9 heteroatoms. The van der Waals surface area contributed by atoms with Crippen molar-refractivity contribution in [1.29, 1.82) is 0 Å². The molecule has 0 rings (SSSR count). The van der Waals surface area contributed by atoms with Crippen LogP contribution in [0.15, 0.2) is 122 Å². The summed E-state index contributed by atoms with van der Waals surface area (Å²) in [5.41, 5.74) is 0. The van der Waals surface area contributed by atoms with Crippen LogP contribution >= 0.6 is 7.82 Å². The molecule has 358 valence electrons. The lowest BCUT2D eigenvalue weighted by molar-refractivity contribution is -0.870. The summed E-state index contributed by atoms with van der Waals surface area (Å²) in [5, 5.41) is 13.5. The molecule has 0 fully saturated rings. The van der Waals surface area contributed by atoms with Gasteiger partial charge in [-0.05, 0) is 83.5 Å². The van der Waals surface area contributed by atoms with Gasteiger partial charge in [-0.3, -0.25) is 13.8 Å². The molecule has 1 amide bonds. The first-order chi connectivity index (χ1) is 30.5. The number of quaternary nitrogens is 1. The summed E-state index contributed by atoms with van der Waals surface area (Å²) in [5.74, 6) is -0.200. The molecule has 3 atom stereocenters. The van der Waals surface area contributed by atoms with Crippen molar-refractivity contribution in [2.75, 3.05) is 40.9 Å². The van der Waals surface area contributed by atoms with Crippen LogP contribution in [0, 0.1) is 0 Å². The number of aliphatic hydroxyl groups is 1. The second-order valence-corrected chi connectivity index (χ2v) is 18.6. The average molecular weight is 896 g/mol. The monoisotopic (exact) mass is 896 g/mol. The number of carbonyl (C=O) groups excluding carboxylic acids is 1. The van der Waals surface area contributed by atoms with Gasteiger partial charge in [0.2, 0.25) is 5.91 Å². The van der Waals surface area contributed by atoms with Crippen LogP contribution in [0.4, 0.5) is 0 Å². The largest absolute Gasteiger partial charge is 0.472 e. The van der Waals surface area contributed by atoms with Gasteiger partial charge in [0.15, 0.2) is 0 Å². The lowest BCUT2D eigenvalue weighted by atomic mass is 10.1. The van der Waals surface area contributed by atoms with Crippen molar-refractivity contribution in [3.05, 3.63) is 122 Å². The van der Waals surface area contributed by atoms with Gasteiger partial charge < -0.3 is 19.8 Å². The predicted octanol–water partition coefficient (Wildman–Crippen LogP) is 14.2. The first-order valence-corrected chi connectivity index (χ1v) is 25.9. The number of hydrogen-bond acceptors (Lipinski definition) is 5. The fourth-order valence-electron chi connectivity index (χ4n) is 6.08. The van der Waals surface area contributed by atoms with Gasteiger partial charge in [0.25, 0.3) is 0 Å². The standard InChI is InChI=1S/C54H91N2O6P/c1-6-8-10-12-13-14-15-16-17-18-19-20-21-22-23-24-25-26-27-28-29-30-31-32-33-34-35-36-37-38-39-40-41-42-43-44-46-48-54(58)55-52(53(57)47-45-11-9-7-2)51-62-63(59,60)61-50-49-56(3,4)5/h8,10,13-14,16-17,19-20,22-23,25-26,28-29,31-32,34-35,45,47,52-53,57H,6-7,9,11-12,15,18,21,24,27,30,33,36-44,46,48-51H2,1-5H3,(H-,55,58,59,60)/p+1/b10-8-,14-13-,17-16-,20-19-,23-22-,26-25-,29-28-,32-31-,35-34-,47-45+. The SMILES string of the molecule is CC/C=C\C/C=C\C/C=C\C/C=C\C/C=C\C/C=C\C/C=C\C/C=C\C/C=C\CCCCCCCCCCCC(=O)NC(COP(=O)(O)OCC[N+](C)(C)C)C(O)/C=C/CCCC. The number of amides is 1. The third kappa shape index (κ3) is 46.7. The molecular formula is C54H92N2O6P+. The second kappa shape index (κ2) is 44.1. The molecule has 0 spiro atoms. The van der Waals surface area contributed by atoms with Crippen molar-refractivity contribution in [2.24, 2.45) is 0 Å². The van der Waals surface area contributed by atoms with Crippen LogP contribution in [0.3, 0.4) is 0 Å². The number of nitrogens with zero attached hydrogens (tertiary/aromatic N) is 1. The molecule has 8 nitrogen and oxygen atoms in total. The molecule has 0 aromatic rings. The highest BCUT2D eigenvalue weighted by Gasteiger charge is 2.27. The normalized spacial score (nSPS) is 15.2. The Balaban J connectivity index is 3.94. The van der Waals surface area contributed by atoms with Crippen LogP contribution in [0.25, 0.3) is 0 Å². The average Bonchev–Trinajstić information content (AvgIpc) is 3.24. The Bertz CT molecular complexity index is 1430. The zero-order valence-corrected chi connectivity index (χ0v) is 41.4. The number of carbonyl (C=O) groups is 1. The Kier molecular flexibility index (Phi) is 41.9. The maximum absolute atomic E-state index is 12.7. The van der Waals surface area contributed by atoms with Gasteiger partial charge in [0, 0.05) is 6.42 Å². The van der Waals surface area contributed by atoms with E-state index in [0.717, 1.165) is 103 Å². The predicted molar refractivity (Wildman–Crippen MR) is 272 cm³/mol. The summed E-state index contributed by atoms with van der Waals surface area (Å²) < 4.78 is 23.3. The zero-order chi connectivity index (χ0) is 46.4. The molecule has 63 heavy (non-hydrogen) atoms. The minimum absolute atomic E-state index is 0.0528. The fraction of sp³-hybridized carbons (Fsp3) is 0.611. The Morgan fingerprint density at radius 1 is 0.556 bits per heavy atom. The Morgan fingerprint density at radius 3 is 1.38 bits per heavy atom. The van der Waals surface area contributed by atoms with E-state index in [9.17, 15) is 19.4 Å². The van der Waals surface area contributed by atoms with Crippen LogP contribution in [0.5, 0.6) is 0 Å². The van der Waals surface area contributed by atoms with E-state index in [1.165, 1.54) is 38.5 Å². The van der Waals surface area contributed by atoms with Crippen LogP contribution in [-0.4, -0.2) is 73.4 Å². The molecule has 0 aliphatic heterocycles. The highest BCUT2D eigenvalue weighted by atomic mass is 31.2. The molecule has 0 heterocycles. The topological polar surface area (TPSA) is 105 Å². The van der Waals surface area contributed by atoms with E-state index >= 15 is 0 Å². The maximum Gasteiger partial charge on any atom is 0.472 e. The summed E-state index contributed by atoms with van der Waals surface area (Å²) in [6, 6.07) is -0.853. The number of nitrogens with one attached hydrogen (secondary N) is 1. The summed E-state index contributed by atoms with van der Waals surface area (Å²) in [6.07, 6.45) is 66.4. The van der Waals surface area contributed by atoms with E-state index in [1.54, 1.807) is 6.08 Å². The molecule has 0 saturated carbocycles. The number of hydrogen-bond donors (Lipinski definition) is 3. The van der Waals surface area contributed by atoms with Crippen LogP contribution in [0.1, 0.15) is 162 Å². The number of allylic oxidation sites excluding steroid dienone is 19. The Hall–Kier alpha value is -3.10. The highest BCUT2D eigenvalue weighted by Crippen LogP contribution is 2.43. The lowest BCUT2D eigenvalue weighted by Crippen LogP contribution is -2.45. The van der Waals surface area contributed by atoms with Crippen molar-refractivity contribution >= 4 is 13.7 Å². The number of phosphoric ester groups is 1. The van der Waals surface area contributed by atoms with Gasteiger partial charge in [-0.15, -0.1) is 0 Å². The van der Waals surface area contributed by atoms with Gasteiger partial charge in [0.05, 0.1) is 39.9 Å². The fourth-order valence-corrected chi connectivity index (χ4v) is 6.81. The smallest absolute Gasteiger partial charge is 0.387 e. The van der Waals surface area contributed by atoms with Crippen molar-refractivity contribution in [1.82, 2.24) is 5.32 Å². The molecule has 3 N–H and O–H groups in total. The summed E-state index contributed by atoms with van der Waals surface area (Å²) in [6.45, 7) is 4.51. The molecule has 0 saturated heterocycles. The van der Waals surface area contributed by atoms with E-state index in [1.807, 2.05) is 27.2 Å². The first-order valence-electron chi connectivity index (χ1n) is 24.4. The van der Waals surface area contributed by atoms with E-state index in [2.05, 4.69) is 129 Å². The van der Waals surface area contributed by atoms with Crippen molar-refractivity contribution in [3.8, 4) is 0 Å². The maximum atomic E-state index is 12.7. The van der Waals surface area contributed by atoms with Crippen LogP contribution in [0.2, 0.25) is 0 Å². The Labute approximate surface area is 386 Å². The highest BCUT2D eigenvalue weighted by molar-refractivity contribution is 7.47. The third-order valence-corrected chi connectivity index (χ3v) is 10.9. The van der Waals surface area contributed by atoms with Crippen LogP contribution in [-0.2, 0) is 18.4 Å². The van der Waals surface area contributed by atoms with Crippen molar-refractivity contribution in [2.45, 2.75) is 174 Å². The molecule has 0 aliphatic rings. The molecule has 0 aliphatic carbocycles. The molecule has 0 aromatic carbocycles. The van der Waals surface area contributed by atoms with E-state index in [-0.39, 0.29) is 19.1 Å². The first kappa shape index (κ1) is 59.9. The molecule has 0 bridgehead atoms. The number of phosphoric acid groups is 1. The summed E-state index contributed by atoms with van der Waals surface area (Å²) in [7, 11) is 1.54. The summed E-state index contributed by atoms with van der Waals surface area (Å²) >= 11 is 0. The van der Waals surface area contributed by atoms with Crippen LogP contribution < -0.4 is 5.32 Å². The second-order valence-electron chi connectivity index (χ2n) is 17.1. The Morgan fingerprint density at radius 2 is 0.952 bits per heavy atom. The van der Waals surface area contributed by atoms with Gasteiger partial charge in [-0.1, -0.05) is 193 Å². The zero-order valence-electron chi connectivity index (χ0n) is 40.5. The molecule has 0 aromatic heterocycles. The van der Waals surface area contributed by atoms with E-state index < -0.39 is 20.0 Å². The van der Waals surface area contributed by atoms with Gasteiger partial charge in [0.1, 0.15) is 13.2 Å². The molecule has 0 radical (unpaired) electrons. The van der Waals surface area contributed by atoms with Gasteiger partial charge in [-0.2, -0.15) is 0 Å². The number of rotatable bonds is 42. The molecular weight excluding hydrogens is 804 g/mol. The molecule has 3 unspecified atom stereocenters. The van der Waals surface area contributed by atoms with Crippen molar-refractivity contribution in [3.63, 3.8) is 0 Å². The van der Waals surface area contributed by atoms with Gasteiger partial charge in [-0.25, -0.2) is 4.57 Å². The summed E-state index contributed by atoms with van der Waals surface area (Å²) in [4.78, 5) is 22.9. The quantitative estimate of drug-likeness (QED) is 0.0244. The third-order valence-electron chi connectivity index (χ3n) is 9.94. The minimum Gasteiger partial charge on any atom is -0.387 e. The van der Waals surface area contributed by atoms with E-state index in [4.69, 9.17) is 9.05 Å². The number of aliphatic hydroxyl groups excluding tert-OH is 1. The number of likely N-dealkylation sites (N-methyl/N-ethyl adjacent to an activating group) is 1. The van der Waals surface area contributed by atoms with E-state index in [0.29, 0.717) is 17.4 Å². The van der Waals surface area contributed by atoms with Crippen molar-refractivity contribution < 1.29 is 32.9 Å².